The molecule has 3 heterocycles. The number of aliphatic hydroxyl groups is 2. The van der Waals surface area contributed by atoms with Crippen molar-refractivity contribution in [1.29, 1.82) is 0 Å². The number of hydrogen-bond donors (Lipinski definition) is 3. The summed E-state index contributed by atoms with van der Waals surface area (Å²) in [4.78, 5) is 14.8. The van der Waals surface area contributed by atoms with Gasteiger partial charge in [0.1, 0.15) is 18.5 Å². The molecule has 1 fully saturated rings. The van der Waals surface area contributed by atoms with Crippen LogP contribution in [0.2, 0.25) is 0 Å². The number of rotatable bonds is 6. The molecule has 0 aliphatic carbocycles. The van der Waals surface area contributed by atoms with E-state index in [0.717, 1.165) is 5.56 Å². The predicted molar refractivity (Wildman–Crippen MR) is 104 cm³/mol. The van der Waals surface area contributed by atoms with E-state index in [-0.39, 0.29) is 6.61 Å². The Morgan fingerprint density at radius 1 is 1.18 bits per heavy atom. The minimum atomic E-state index is -0.879. The summed E-state index contributed by atoms with van der Waals surface area (Å²) in [5.41, 5.74) is 2.29. The summed E-state index contributed by atoms with van der Waals surface area (Å²) < 4.78 is 7.66. The highest BCUT2D eigenvalue weighted by Gasteiger charge is 2.44. The van der Waals surface area contributed by atoms with Gasteiger partial charge >= 0.3 is 0 Å². The standard InChI is InChI=1S/C19H24N6O3/c1-24(2)17-15-18(22-10-21-17)25(11-23-15)19-16(27)14(13(9-26)28-19)20-8-12-6-4-3-5-7-12/h3-7,10-11,13-14,16,19-20,26-27H,8-9H2,1-2H3/t13-,14-,16-,19-/m1/s1. The Morgan fingerprint density at radius 3 is 2.68 bits per heavy atom. The highest BCUT2D eigenvalue weighted by atomic mass is 16.5. The quantitative estimate of drug-likeness (QED) is 0.557. The van der Waals surface area contributed by atoms with Crippen LogP contribution in [-0.2, 0) is 11.3 Å². The average Bonchev–Trinajstić information content (AvgIpc) is 3.27. The molecule has 4 rings (SSSR count). The lowest BCUT2D eigenvalue weighted by Crippen LogP contribution is -2.45. The van der Waals surface area contributed by atoms with Crippen molar-refractivity contribution in [1.82, 2.24) is 24.8 Å². The number of hydrogen-bond acceptors (Lipinski definition) is 8. The Morgan fingerprint density at radius 2 is 1.96 bits per heavy atom. The number of aromatic nitrogens is 4. The molecule has 0 saturated carbocycles. The fourth-order valence-electron chi connectivity index (χ4n) is 3.57. The number of aliphatic hydroxyl groups excluding tert-OH is 2. The van der Waals surface area contributed by atoms with E-state index in [0.29, 0.717) is 23.5 Å². The van der Waals surface area contributed by atoms with E-state index in [9.17, 15) is 10.2 Å². The van der Waals surface area contributed by atoms with Gasteiger partial charge in [-0.2, -0.15) is 0 Å². The topological polar surface area (TPSA) is 109 Å². The second-order valence-corrected chi connectivity index (χ2v) is 7.05. The summed E-state index contributed by atoms with van der Waals surface area (Å²) >= 11 is 0. The van der Waals surface area contributed by atoms with Crippen molar-refractivity contribution in [2.45, 2.75) is 31.0 Å². The third-order valence-corrected chi connectivity index (χ3v) is 4.98. The fraction of sp³-hybridized carbons (Fsp3) is 0.421. The van der Waals surface area contributed by atoms with Gasteiger partial charge in [-0.3, -0.25) is 4.57 Å². The van der Waals surface area contributed by atoms with E-state index < -0.39 is 24.5 Å². The van der Waals surface area contributed by atoms with Gasteiger partial charge < -0.3 is 25.2 Å². The molecule has 1 aliphatic heterocycles. The molecule has 0 amide bonds. The number of anilines is 1. The molecule has 3 N–H and O–H groups in total. The lowest BCUT2D eigenvalue weighted by Gasteiger charge is -2.21. The molecule has 3 aromatic rings. The summed E-state index contributed by atoms with van der Waals surface area (Å²) in [7, 11) is 3.76. The van der Waals surface area contributed by atoms with Crippen LogP contribution in [0, 0.1) is 0 Å². The molecular weight excluding hydrogens is 360 g/mol. The van der Waals surface area contributed by atoms with Gasteiger partial charge in [-0.25, -0.2) is 15.0 Å². The number of nitrogens with zero attached hydrogens (tertiary/aromatic N) is 5. The van der Waals surface area contributed by atoms with Crippen molar-refractivity contribution in [2.24, 2.45) is 0 Å². The number of ether oxygens (including phenoxy) is 1. The van der Waals surface area contributed by atoms with E-state index in [4.69, 9.17) is 4.74 Å². The van der Waals surface area contributed by atoms with Gasteiger partial charge in [0.25, 0.3) is 0 Å². The Kier molecular flexibility index (Phi) is 5.23. The maximum atomic E-state index is 10.9. The molecule has 0 unspecified atom stereocenters. The van der Waals surface area contributed by atoms with Crippen molar-refractivity contribution in [3.05, 3.63) is 48.5 Å². The molecule has 1 saturated heterocycles. The zero-order chi connectivity index (χ0) is 19.7. The highest BCUT2D eigenvalue weighted by Crippen LogP contribution is 2.32. The van der Waals surface area contributed by atoms with E-state index in [2.05, 4.69) is 20.3 Å². The minimum absolute atomic E-state index is 0.204. The first kappa shape index (κ1) is 18.8. The lowest BCUT2D eigenvalue weighted by atomic mass is 10.1. The van der Waals surface area contributed by atoms with Gasteiger partial charge in [0.2, 0.25) is 0 Å². The van der Waals surface area contributed by atoms with Gasteiger partial charge in [0.05, 0.1) is 19.0 Å². The molecule has 9 nitrogen and oxygen atoms in total. The van der Waals surface area contributed by atoms with Crippen LogP contribution in [0.5, 0.6) is 0 Å². The van der Waals surface area contributed by atoms with Crippen molar-refractivity contribution in [3.63, 3.8) is 0 Å². The molecule has 148 valence electrons. The summed E-state index contributed by atoms with van der Waals surface area (Å²) in [6, 6.07) is 9.46. The van der Waals surface area contributed by atoms with Gasteiger partial charge in [-0.1, -0.05) is 30.3 Å². The van der Waals surface area contributed by atoms with Crippen LogP contribution >= 0.6 is 0 Å². The number of nitrogens with one attached hydrogen (secondary N) is 1. The summed E-state index contributed by atoms with van der Waals surface area (Å²) in [5, 5.41) is 24.0. The molecule has 1 aliphatic rings. The van der Waals surface area contributed by atoms with E-state index in [1.54, 1.807) is 10.9 Å². The Hall–Kier alpha value is -2.59. The Bertz CT molecular complexity index is 932. The van der Waals surface area contributed by atoms with E-state index >= 15 is 0 Å². The minimum Gasteiger partial charge on any atom is -0.394 e. The summed E-state index contributed by atoms with van der Waals surface area (Å²) in [6.45, 7) is 0.358. The molecule has 28 heavy (non-hydrogen) atoms. The van der Waals surface area contributed by atoms with Crippen LogP contribution < -0.4 is 10.2 Å². The molecule has 4 atom stereocenters. The van der Waals surface area contributed by atoms with Crippen LogP contribution in [0.25, 0.3) is 11.2 Å². The van der Waals surface area contributed by atoms with E-state index in [1.807, 2.05) is 49.3 Å². The first-order valence-electron chi connectivity index (χ1n) is 9.16. The normalized spacial score (nSPS) is 24.7. The Labute approximate surface area is 162 Å². The van der Waals surface area contributed by atoms with Crippen LogP contribution in [0.1, 0.15) is 11.8 Å². The molecule has 1 aromatic carbocycles. The van der Waals surface area contributed by atoms with Crippen LogP contribution in [0.15, 0.2) is 43.0 Å². The van der Waals surface area contributed by atoms with Crippen molar-refractivity contribution >= 4 is 17.0 Å². The summed E-state index contributed by atoms with van der Waals surface area (Å²) in [5.74, 6) is 0.689. The second-order valence-electron chi connectivity index (χ2n) is 7.05. The molecule has 0 radical (unpaired) electrons. The maximum Gasteiger partial charge on any atom is 0.167 e. The maximum absolute atomic E-state index is 10.9. The average molecular weight is 384 g/mol. The third-order valence-electron chi connectivity index (χ3n) is 4.98. The van der Waals surface area contributed by atoms with Gasteiger partial charge in [-0.05, 0) is 5.56 Å². The summed E-state index contributed by atoms with van der Waals surface area (Å²) in [6.07, 6.45) is 0.924. The lowest BCUT2D eigenvalue weighted by molar-refractivity contribution is -0.0489. The first-order valence-corrected chi connectivity index (χ1v) is 9.16. The molecule has 9 heteroatoms. The van der Waals surface area contributed by atoms with Gasteiger partial charge in [0.15, 0.2) is 23.2 Å². The molecule has 2 aromatic heterocycles. The number of benzene rings is 1. The Balaban J connectivity index is 1.59. The molecule has 0 spiro atoms. The van der Waals surface area contributed by atoms with Crippen molar-refractivity contribution in [3.8, 4) is 0 Å². The van der Waals surface area contributed by atoms with Crippen LogP contribution in [-0.4, -0.2) is 68.7 Å². The van der Waals surface area contributed by atoms with E-state index in [1.165, 1.54) is 6.33 Å². The monoisotopic (exact) mass is 384 g/mol. The highest BCUT2D eigenvalue weighted by molar-refractivity contribution is 5.83. The smallest absolute Gasteiger partial charge is 0.167 e. The SMILES string of the molecule is CN(C)c1ncnc2c1ncn2[C@@H]1O[C@H](CO)[C@@H](NCc2ccccc2)[C@H]1O. The van der Waals surface area contributed by atoms with Crippen molar-refractivity contribution in [2.75, 3.05) is 25.6 Å². The number of fused-ring (bicyclic) bond motifs is 1. The third kappa shape index (κ3) is 3.33. The number of imidazole rings is 1. The van der Waals surface area contributed by atoms with Gasteiger partial charge in [-0.15, -0.1) is 0 Å². The van der Waals surface area contributed by atoms with Crippen LogP contribution in [0.3, 0.4) is 0 Å². The zero-order valence-electron chi connectivity index (χ0n) is 15.8. The van der Waals surface area contributed by atoms with Gasteiger partial charge in [0, 0.05) is 20.6 Å². The predicted octanol–water partition coefficient (Wildman–Crippen LogP) is 0.301. The second kappa shape index (κ2) is 7.80. The zero-order valence-corrected chi connectivity index (χ0v) is 15.8. The molecule has 0 bridgehead atoms. The first-order chi connectivity index (χ1) is 13.6. The molecular formula is C19H24N6O3. The fourth-order valence-corrected chi connectivity index (χ4v) is 3.57. The van der Waals surface area contributed by atoms with Crippen LogP contribution in [0.4, 0.5) is 5.82 Å². The van der Waals surface area contributed by atoms with Crippen molar-refractivity contribution < 1.29 is 14.9 Å². The largest absolute Gasteiger partial charge is 0.394 e.